The Morgan fingerprint density at radius 1 is 1.32 bits per heavy atom. The summed E-state index contributed by atoms with van der Waals surface area (Å²) >= 11 is 0. The van der Waals surface area contributed by atoms with E-state index in [0.29, 0.717) is 5.92 Å². The van der Waals surface area contributed by atoms with Crippen LogP contribution in [0.1, 0.15) is 32.1 Å². The van der Waals surface area contributed by atoms with Crippen LogP contribution in [-0.2, 0) is 13.0 Å². The highest BCUT2D eigenvalue weighted by molar-refractivity contribution is 5.83. The van der Waals surface area contributed by atoms with Gasteiger partial charge in [-0.1, -0.05) is 20.8 Å². The van der Waals surface area contributed by atoms with Crippen LogP contribution in [0, 0.1) is 5.92 Å². The van der Waals surface area contributed by atoms with Crippen molar-refractivity contribution in [3.8, 4) is 5.75 Å². The molecule has 0 aliphatic carbocycles. The summed E-state index contributed by atoms with van der Waals surface area (Å²) in [6.45, 7) is 8.30. The van der Waals surface area contributed by atoms with Crippen molar-refractivity contribution in [3.63, 3.8) is 0 Å². The highest BCUT2D eigenvalue weighted by atomic mass is 16.5. The standard InChI is InChI=1S/C16H23NO2/c1-5-17-10-16-13(8-11(2)3)14-9-12(18-4)6-7-15(14)19-16/h6-7,9,11,17H,5,8,10H2,1-4H3. The molecule has 3 nitrogen and oxygen atoms in total. The minimum absolute atomic E-state index is 0.604. The van der Waals surface area contributed by atoms with Crippen LogP contribution in [0.2, 0.25) is 0 Å². The Kier molecular flexibility index (Phi) is 4.48. The molecule has 0 unspecified atom stereocenters. The first-order valence-corrected chi connectivity index (χ1v) is 6.94. The summed E-state index contributed by atoms with van der Waals surface area (Å²) in [5.74, 6) is 2.54. The van der Waals surface area contributed by atoms with Gasteiger partial charge in [0.15, 0.2) is 0 Å². The third kappa shape index (κ3) is 3.10. The fourth-order valence-electron chi connectivity index (χ4n) is 2.32. The van der Waals surface area contributed by atoms with E-state index in [2.05, 4.69) is 32.2 Å². The summed E-state index contributed by atoms with van der Waals surface area (Å²) in [6, 6.07) is 6.02. The van der Waals surface area contributed by atoms with E-state index >= 15 is 0 Å². The highest BCUT2D eigenvalue weighted by Crippen LogP contribution is 2.31. The fourth-order valence-corrected chi connectivity index (χ4v) is 2.32. The van der Waals surface area contributed by atoms with Crippen LogP contribution in [-0.4, -0.2) is 13.7 Å². The normalized spacial score (nSPS) is 11.4. The molecule has 1 aromatic carbocycles. The van der Waals surface area contributed by atoms with Crippen LogP contribution < -0.4 is 10.1 Å². The van der Waals surface area contributed by atoms with Crippen LogP contribution in [0.15, 0.2) is 22.6 Å². The second-order valence-corrected chi connectivity index (χ2v) is 5.24. The van der Waals surface area contributed by atoms with Crippen molar-refractivity contribution in [1.29, 1.82) is 0 Å². The number of fused-ring (bicyclic) bond motifs is 1. The van der Waals surface area contributed by atoms with Crippen LogP contribution in [0.25, 0.3) is 11.0 Å². The first kappa shape index (κ1) is 13.9. The number of methoxy groups -OCH3 is 1. The minimum Gasteiger partial charge on any atom is -0.497 e. The van der Waals surface area contributed by atoms with Crippen LogP contribution in [0.4, 0.5) is 0 Å². The Bertz CT molecular complexity index is 543. The molecule has 2 rings (SSSR count). The Hall–Kier alpha value is -1.48. The van der Waals surface area contributed by atoms with Gasteiger partial charge in [0.25, 0.3) is 0 Å². The third-order valence-electron chi connectivity index (χ3n) is 3.23. The number of benzene rings is 1. The molecule has 0 aliphatic heterocycles. The summed E-state index contributed by atoms with van der Waals surface area (Å²) in [5.41, 5.74) is 2.26. The fraction of sp³-hybridized carbons (Fsp3) is 0.500. The van der Waals surface area contributed by atoms with Crippen molar-refractivity contribution < 1.29 is 9.15 Å². The molecule has 0 atom stereocenters. The average molecular weight is 261 g/mol. The third-order valence-corrected chi connectivity index (χ3v) is 3.23. The topological polar surface area (TPSA) is 34.4 Å². The highest BCUT2D eigenvalue weighted by Gasteiger charge is 2.15. The minimum atomic E-state index is 0.604. The van der Waals surface area contributed by atoms with E-state index in [1.165, 1.54) is 10.9 Å². The maximum Gasteiger partial charge on any atom is 0.134 e. The SMILES string of the molecule is CCNCc1oc2ccc(OC)cc2c1CC(C)C. The van der Waals surface area contributed by atoms with Gasteiger partial charge in [0, 0.05) is 10.9 Å². The molecule has 1 heterocycles. The molecule has 104 valence electrons. The Morgan fingerprint density at radius 2 is 2.11 bits per heavy atom. The molecular weight excluding hydrogens is 238 g/mol. The predicted molar refractivity (Wildman–Crippen MR) is 78.7 cm³/mol. The summed E-state index contributed by atoms with van der Waals surface area (Å²) in [7, 11) is 1.70. The second kappa shape index (κ2) is 6.11. The summed E-state index contributed by atoms with van der Waals surface area (Å²) in [5, 5.41) is 4.52. The van der Waals surface area contributed by atoms with E-state index in [1.807, 2.05) is 12.1 Å². The first-order valence-electron chi connectivity index (χ1n) is 6.94. The first-order chi connectivity index (χ1) is 9.15. The zero-order chi connectivity index (χ0) is 13.8. The second-order valence-electron chi connectivity index (χ2n) is 5.24. The Balaban J connectivity index is 2.47. The molecule has 1 aromatic heterocycles. The van der Waals surface area contributed by atoms with Crippen molar-refractivity contribution in [2.75, 3.05) is 13.7 Å². The molecule has 2 aromatic rings. The van der Waals surface area contributed by atoms with E-state index in [4.69, 9.17) is 9.15 Å². The molecule has 0 radical (unpaired) electrons. The number of hydrogen-bond donors (Lipinski definition) is 1. The quantitative estimate of drug-likeness (QED) is 0.860. The predicted octanol–water partition coefficient (Wildman–Crippen LogP) is 3.75. The van der Waals surface area contributed by atoms with Gasteiger partial charge in [0.1, 0.15) is 17.1 Å². The lowest BCUT2D eigenvalue weighted by molar-refractivity contribution is 0.415. The lowest BCUT2D eigenvalue weighted by atomic mass is 9.99. The van der Waals surface area contributed by atoms with Crippen LogP contribution in [0.5, 0.6) is 5.75 Å². The molecule has 19 heavy (non-hydrogen) atoms. The molecule has 0 bridgehead atoms. The molecule has 0 spiro atoms. The van der Waals surface area contributed by atoms with Gasteiger partial charge < -0.3 is 14.5 Å². The van der Waals surface area contributed by atoms with Crippen molar-refractivity contribution in [3.05, 3.63) is 29.5 Å². The van der Waals surface area contributed by atoms with Crippen molar-refractivity contribution in [2.24, 2.45) is 5.92 Å². The van der Waals surface area contributed by atoms with Gasteiger partial charge in [0.05, 0.1) is 13.7 Å². The van der Waals surface area contributed by atoms with Crippen molar-refractivity contribution in [1.82, 2.24) is 5.32 Å². The van der Waals surface area contributed by atoms with E-state index in [9.17, 15) is 0 Å². The molecule has 3 heteroatoms. The van der Waals surface area contributed by atoms with E-state index in [0.717, 1.165) is 36.6 Å². The van der Waals surface area contributed by atoms with Gasteiger partial charge in [-0.2, -0.15) is 0 Å². The zero-order valence-electron chi connectivity index (χ0n) is 12.2. The maximum atomic E-state index is 5.98. The van der Waals surface area contributed by atoms with Gasteiger partial charge >= 0.3 is 0 Å². The Morgan fingerprint density at radius 3 is 2.74 bits per heavy atom. The molecular formula is C16H23NO2. The van der Waals surface area contributed by atoms with Gasteiger partial charge in [-0.15, -0.1) is 0 Å². The largest absolute Gasteiger partial charge is 0.497 e. The number of furan rings is 1. The smallest absolute Gasteiger partial charge is 0.134 e. The molecule has 0 saturated carbocycles. The lowest BCUT2D eigenvalue weighted by Gasteiger charge is -2.07. The van der Waals surface area contributed by atoms with Crippen molar-refractivity contribution in [2.45, 2.75) is 33.7 Å². The summed E-state index contributed by atoms with van der Waals surface area (Å²) in [6.07, 6.45) is 1.03. The summed E-state index contributed by atoms with van der Waals surface area (Å²) < 4.78 is 11.3. The van der Waals surface area contributed by atoms with E-state index < -0.39 is 0 Å². The maximum absolute atomic E-state index is 5.98. The van der Waals surface area contributed by atoms with Gasteiger partial charge in [-0.05, 0) is 37.1 Å². The van der Waals surface area contributed by atoms with Gasteiger partial charge in [-0.3, -0.25) is 0 Å². The number of ether oxygens (including phenoxy) is 1. The Labute approximate surface area is 114 Å². The molecule has 0 amide bonds. The number of hydrogen-bond acceptors (Lipinski definition) is 3. The van der Waals surface area contributed by atoms with Crippen molar-refractivity contribution >= 4 is 11.0 Å². The van der Waals surface area contributed by atoms with Crippen LogP contribution >= 0.6 is 0 Å². The average Bonchev–Trinajstić information content (AvgIpc) is 2.73. The zero-order valence-corrected chi connectivity index (χ0v) is 12.2. The van der Waals surface area contributed by atoms with E-state index in [-0.39, 0.29) is 0 Å². The number of rotatable bonds is 6. The molecule has 1 N–H and O–H groups in total. The number of nitrogens with one attached hydrogen (secondary N) is 1. The molecule has 0 fully saturated rings. The van der Waals surface area contributed by atoms with E-state index in [1.54, 1.807) is 7.11 Å². The van der Waals surface area contributed by atoms with Crippen LogP contribution in [0.3, 0.4) is 0 Å². The lowest BCUT2D eigenvalue weighted by Crippen LogP contribution is -2.12. The van der Waals surface area contributed by atoms with Gasteiger partial charge in [-0.25, -0.2) is 0 Å². The molecule has 0 aliphatic rings. The monoisotopic (exact) mass is 261 g/mol. The van der Waals surface area contributed by atoms with Gasteiger partial charge in [0.2, 0.25) is 0 Å². The summed E-state index contributed by atoms with van der Waals surface area (Å²) in [4.78, 5) is 0. The molecule has 0 saturated heterocycles.